The number of amides is 1. The molecule has 128 valence electrons. The molecule has 1 saturated heterocycles. The lowest BCUT2D eigenvalue weighted by Gasteiger charge is -2.24. The van der Waals surface area contributed by atoms with Gasteiger partial charge < -0.3 is 4.90 Å². The second kappa shape index (κ2) is 8.08. The Bertz CT molecular complexity index is 516. The first kappa shape index (κ1) is 18.2. The van der Waals surface area contributed by atoms with Crippen LogP contribution in [0.25, 0.3) is 0 Å². The molecule has 0 bridgehead atoms. The van der Waals surface area contributed by atoms with E-state index in [4.69, 9.17) is 0 Å². The molecule has 2 rings (SSSR count). The van der Waals surface area contributed by atoms with Crippen molar-refractivity contribution in [3.05, 3.63) is 35.4 Å². The third kappa shape index (κ3) is 4.90. The Kier molecular flexibility index (Phi) is 6.39. The van der Waals surface area contributed by atoms with Crippen molar-refractivity contribution >= 4 is 17.7 Å². The number of alkyl halides is 3. The molecule has 0 N–H and O–H groups in total. The zero-order valence-electron chi connectivity index (χ0n) is 13.2. The maximum Gasteiger partial charge on any atom is 0.416 e. The number of thioether (sulfide) groups is 1. The summed E-state index contributed by atoms with van der Waals surface area (Å²) in [5.41, 5.74) is 0.115. The van der Waals surface area contributed by atoms with Crippen molar-refractivity contribution in [1.29, 1.82) is 0 Å². The minimum absolute atomic E-state index is 0.107. The standard InChI is InChI=1S/C17H22F3NOS/c1-2-3-4-5-6-15(22)21-11-12-23-16(21)13-7-9-14(10-8-13)17(18,19)20/h7-10,16H,2-6,11-12H2,1H3. The second-order valence-corrected chi connectivity index (χ2v) is 6.93. The number of unbranched alkanes of at least 4 members (excludes halogenated alkanes) is 3. The third-order valence-electron chi connectivity index (χ3n) is 3.98. The summed E-state index contributed by atoms with van der Waals surface area (Å²) in [6, 6.07) is 5.17. The number of rotatable bonds is 6. The van der Waals surface area contributed by atoms with E-state index in [0.29, 0.717) is 13.0 Å². The van der Waals surface area contributed by atoms with Crippen LogP contribution in [0.3, 0.4) is 0 Å². The Morgan fingerprint density at radius 2 is 1.91 bits per heavy atom. The van der Waals surface area contributed by atoms with Crippen molar-refractivity contribution in [2.45, 2.75) is 50.6 Å². The first-order chi connectivity index (χ1) is 10.9. The maximum atomic E-state index is 12.6. The molecule has 0 aliphatic carbocycles. The van der Waals surface area contributed by atoms with Crippen LogP contribution in [0.15, 0.2) is 24.3 Å². The van der Waals surface area contributed by atoms with Crippen molar-refractivity contribution in [2.24, 2.45) is 0 Å². The normalized spacial score (nSPS) is 18.4. The van der Waals surface area contributed by atoms with E-state index >= 15 is 0 Å². The van der Waals surface area contributed by atoms with E-state index in [1.54, 1.807) is 16.7 Å². The Labute approximate surface area is 139 Å². The van der Waals surface area contributed by atoms with E-state index in [2.05, 4.69) is 6.92 Å². The maximum absolute atomic E-state index is 12.6. The number of hydrogen-bond donors (Lipinski definition) is 0. The fraction of sp³-hybridized carbons (Fsp3) is 0.588. The molecular weight excluding hydrogens is 323 g/mol. The van der Waals surface area contributed by atoms with E-state index in [0.717, 1.165) is 49.1 Å². The minimum Gasteiger partial charge on any atom is -0.326 e. The Balaban J connectivity index is 1.99. The van der Waals surface area contributed by atoms with Crippen LogP contribution in [-0.4, -0.2) is 23.1 Å². The fourth-order valence-corrected chi connectivity index (χ4v) is 3.96. The number of hydrogen-bond acceptors (Lipinski definition) is 2. The predicted molar refractivity (Wildman–Crippen MR) is 87.1 cm³/mol. The van der Waals surface area contributed by atoms with Gasteiger partial charge in [0.05, 0.1) is 5.56 Å². The van der Waals surface area contributed by atoms with Crippen molar-refractivity contribution in [1.82, 2.24) is 4.90 Å². The number of carbonyl (C=O) groups excluding carboxylic acids is 1. The molecule has 1 atom stereocenters. The molecule has 1 aliphatic rings. The Hall–Kier alpha value is -1.17. The van der Waals surface area contributed by atoms with Crippen molar-refractivity contribution < 1.29 is 18.0 Å². The zero-order valence-corrected chi connectivity index (χ0v) is 14.1. The highest BCUT2D eigenvalue weighted by Gasteiger charge is 2.33. The van der Waals surface area contributed by atoms with Gasteiger partial charge in [-0.3, -0.25) is 4.79 Å². The summed E-state index contributed by atoms with van der Waals surface area (Å²) in [4.78, 5) is 14.2. The molecule has 1 aromatic rings. The number of halogens is 3. The molecule has 1 aliphatic heterocycles. The first-order valence-corrected chi connectivity index (χ1v) is 9.06. The largest absolute Gasteiger partial charge is 0.416 e. The fourth-order valence-electron chi connectivity index (χ4n) is 2.68. The molecule has 6 heteroatoms. The smallest absolute Gasteiger partial charge is 0.326 e. The van der Waals surface area contributed by atoms with Crippen LogP contribution in [0, 0.1) is 0 Å². The van der Waals surface area contributed by atoms with Gasteiger partial charge in [0.25, 0.3) is 0 Å². The molecule has 0 spiro atoms. The van der Waals surface area contributed by atoms with Gasteiger partial charge in [-0.2, -0.15) is 13.2 Å². The van der Waals surface area contributed by atoms with Gasteiger partial charge >= 0.3 is 6.18 Å². The molecule has 1 aromatic carbocycles. The van der Waals surface area contributed by atoms with Crippen molar-refractivity contribution in [3.8, 4) is 0 Å². The molecule has 0 saturated carbocycles. The van der Waals surface area contributed by atoms with Crippen LogP contribution in [0.2, 0.25) is 0 Å². The molecule has 1 amide bonds. The van der Waals surface area contributed by atoms with Crippen LogP contribution >= 0.6 is 11.8 Å². The van der Waals surface area contributed by atoms with Crippen LogP contribution < -0.4 is 0 Å². The summed E-state index contributed by atoms with van der Waals surface area (Å²) in [7, 11) is 0. The van der Waals surface area contributed by atoms with Crippen molar-refractivity contribution in [3.63, 3.8) is 0 Å². The van der Waals surface area contributed by atoms with Crippen LogP contribution in [0.5, 0.6) is 0 Å². The summed E-state index contributed by atoms with van der Waals surface area (Å²) in [5.74, 6) is 0.933. The summed E-state index contributed by atoms with van der Waals surface area (Å²) in [6.45, 7) is 2.79. The van der Waals surface area contributed by atoms with Gasteiger partial charge in [0.2, 0.25) is 5.91 Å². The van der Waals surface area contributed by atoms with E-state index < -0.39 is 11.7 Å². The quantitative estimate of drug-likeness (QED) is 0.656. The molecule has 2 nitrogen and oxygen atoms in total. The van der Waals surface area contributed by atoms with Crippen LogP contribution in [-0.2, 0) is 11.0 Å². The number of benzene rings is 1. The van der Waals surface area contributed by atoms with Gasteiger partial charge in [-0.15, -0.1) is 11.8 Å². The molecule has 1 fully saturated rings. The molecule has 1 heterocycles. The van der Waals surface area contributed by atoms with Gasteiger partial charge in [0.1, 0.15) is 5.37 Å². The lowest BCUT2D eigenvalue weighted by atomic mass is 10.1. The average molecular weight is 345 g/mol. The third-order valence-corrected chi connectivity index (χ3v) is 5.24. The highest BCUT2D eigenvalue weighted by atomic mass is 32.2. The second-order valence-electron chi connectivity index (χ2n) is 5.74. The molecular formula is C17H22F3NOS. The topological polar surface area (TPSA) is 20.3 Å². The number of nitrogens with zero attached hydrogens (tertiary/aromatic N) is 1. The van der Waals surface area contributed by atoms with E-state index in [1.165, 1.54) is 12.1 Å². The lowest BCUT2D eigenvalue weighted by Crippen LogP contribution is -2.30. The predicted octanol–water partition coefficient (Wildman–Crippen LogP) is 5.25. The van der Waals surface area contributed by atoms with Gasteiger partial charge in [-0.05, 0) is 24.1 Å². The summed E-state index contributed by atoms with van der Waals surface area (Å²) < 4.78 is 37.9. The average Bonchev–Trinajstić information content (AvgIpc) is 3.00. The Morgan fingerprint density at radius 1 is 1.22 bits per heavy atom. The van der Waals surface area contributed by atoms with Gasteiger partial charge in [-0.25, -0.2) is 0 Å². The molecule has 23 heavy (non-hydrogen) atoms. The summed E-state index contributed by atoms with van der Waals surface area (Å²) in [6.07, 6.45) is 0.391. The highest BCUT2D eigenvalue weighted by molar-refractivity contribution is 7.99. The molecule has 0 aromatic heterocycles. The van der Waals surface area contributed by atoms with E-state index in [1.807, 2.05) is 0 Å². The van der Waals surface area contributed by atoms with Crippen molar-refractivity contribution in [2.75, 3.05) is 12.3 Å². The minimum atomic E-state index is -4.32. The summed E-state index contributed by atoms with van der Waals surface area (Å²) in [5, 5.41) is -0.157. The van der Waals surface area contributed by atoms with Gasteiger partial charge in [-0.1, -0.05) is 38.3 Å². The Morgan fingerprint density at radius 3 is 2.52 bits per heavy atom. The van der Waals surface area contributed by atoms with E-state index in [-0.39, 0.29) is 11.3 Å². The summed E-state index contributed by atoms with van der Waals surface area (Å²) >= 11 is 1.61. The van der Waals surface area contributed by atoms with Crippen LogP contribution in [0.1, 0.15) is 55.5 Å². The molecule has 0 radical (unpaired) electrons. The zero-order chi connectivity index (χ0) is 16.9. The van der Waals surface area contributed by atoms with Gasteiger partial charge in [0.15, 0.2) is 0 Å². The molecule has 1 unspecified atom stereocenters. The van der Waals surface area contributed by atoms with Gasteiger partial charge in [0, 0.05) is 18.7 Å². The monoisotopic (exact) mass is 345 g/mol. The lowest BCUT2D eigenvalue weighted by molar-refractivity contribution is -0.137. The van der Waals surface area contributed by atoms with E-state index in [9.17, 15) is 18.0 Å². The first-order valence-electron chi connectivity index (χ1n) is 8.01. The highest BCUT2D eigenvalue weighted by Crippen LogP contribution is 2.39. The SMILES string of the molecule is CCCCCCC(=O)N1CCSC1c1ccc(C(F)(F)F)cc1. The number of carbonyl (C=O) groups is 1. The van der Waals surface area contributed by atoms with Crippen LogP contribution in [0.4, 0.5) is 13.2 Å².